The highest BCUT2D eigenvalue weighted by Crippen LogP contribution is 2.21. The molecule has 134 valence electrons. The standard InChI is InChI=1S/C20H26N2O3/c23-20(21-11-6-13-24-16-19-10-5-14-25-19)22-12-4-9-18(22)15-17-7-2-1-3-8-17/h1-3,5,7-8,10,14,18H,4,6,9,11-13,15-16H2,(H,21,23). The predicted molar refractivity (Wildman–Crippen MR) is 96.3 cm³/mol. The second-order valence-corrected chi connectivity index (χ2v) is 6.40. The normalized spacial score (nSPS) is 17.0. The first kappa shape index (κ1) is 17.5. The lowest BCUT2D eigenvalue weighted by Gasteiger charge is -2.25. The van der Waals surface area contributed by atoms with Crippen LogP contribution >= 0.6 is 0 Å². The number of hydrogen-bond acceptors (Lipinski definition) is 3. The Kier molecular flexibility index (Phi) is 6.51. The molecule has 1 saturated heterocycles. The molecular weight excluding hydrogens is 316 g/mol. The van der Waals surface area contributed by atoms with Crippen molar-refractivity contribution in [3.8, 4) is 0 Å². The van der Waals surface area contributed by atoms with Gasteiger partial charge in [0.15, 0.2) is 0 Å². The summed E-state index contributed by atoms with van der Waals surface area (Å²) >= 11 is 0. The monoisotopic (exact) mass is 342 g/mol. The molecule has 1 aliphatic rings. The highest BCUT2D eigenvalue weighted by atomic mass is 16.5. The Morgan fingerprint density at radius 3 is 2.92 bits per heavy atom. The van der Waals surface area contributed by atoms with Gasteiger partial charge in [0, 0.05) is 25.7 Å². The van der Waals surface area contributed by atoms with Crippen molar-refractivity contribution in [3.05, 3.63) is 60.1 Å². The molecule has 2 heterocycles. The number of ether oxygens (including phenoxy) is 1. The van der Waals surface area contributed by atoms with Crippen LogP contribution in [0, 0.1) is 0 Å². The molecule has 0 bridgehead atoms. The minimum atomic E-state index is 0.0458. The molecule has 1 unspecified atom stereocenters. The fourth-order valence-corrected chi connectivity index (χ4v) is 3.24. The summed E-state index contributed by atoms with van der Waals surface area (Å²) in [6, 6.07) is 14.5. The zero-order valence-corrected chi connectivity index (χ0v) is 14.5. The molecule has 1 aromatic carbocycles. The fourth-order valence-electron chi connectivity index (χ4n) is 3.24. The average Bonchev–Trinajstić information content (AvgIpc) is 3.30. The van der Waals surface area contributed by atoms with Crippen LogP contribution in [0.5, 0.6) is 0 Å². The third-order valence-electron chi connectivity index (χ3n) is 4.52. The molecule has 3 rings (SSSR count). The predicted octanol–water partition coefficient (Wildman–Crippen LogP) is 3.60. The van der Waals surface area contributed by atoms with E-state index in [-0.39, 0.29) is 6.03 Å². The van der Waals surface area contributed by atoms with Gasteiger partial charge < -0.3 is 19.4 Å². The molecule has 1 atom stereocenters. The van der Waals surface area contributed by atoms with Crippen molar-refractivity contribution < 1.29 is 13.9 Å². The van der Waals surface area contributed by atoms with Gasteiger partial charge in [-0.2, -0.15) is 0 Å². The number of amides is 2. The number of benzene rings is 1. The van der Waals surface area contributed by atoms with Crippen LogP contribution in [0.1, 0.15) is 30.6 Å². The van der Waals surface area contributed by atoms with Gasteiger partial charge in [-0.05, 0) is 43.4 Å². The van der Waals surface area contributed by atoms with Gasteiger partial charge in [0.25, 0.3) is 0 Å². The maximum Gasteiger partial charge on any atom is 0.317 e. The Morgan fingerprint density at radius 2 is 2.12 bits per heavy atom. The van der Waals surface area contributed by atoms with E-state index in [0.717, 1.165) is 38.0 Å². The molecule has 5 heteroatoms. The van der Waals surface area contributed by atoms with E-state index >= 15 is 0 Å². The van der Waals surface area contributed by atoms with Crippen molar-refractivity contribution in [2.75, 3.05) is 19.7 Å². The molecule has 25 heavy (non-hydrogen) atoms. The first-order valence-electron chi connectivity index (χ1n) is 9.01. The fraction of sp³-hybridized carbons (Fsp3) is 0.450. The third-order valence-corrected chi connectivity index (χ3v) is 4.52. The van der Waals surface area contributed by atoms with Crippen LogP contribution in [0.15, 0.2) is 53.1 Å². The number of likely N-dealkylation sites (tertiary alicyclic amines) is 1. The van der Waals surface area contributed by atoms with E-state index in [1.807, 2.05) is 23.1 Å². The largest absolute Gasteiger partial charge is 0.467 e. The van der Waals surface area contributed by atoms with Gasteiger partial charge in [-0.1, -0.05) is 30.3 Å². The van der Waals surface area contributed by atoms with Crippen LogP contribution in [0.3, 0.4) is 0 Å². The molecule has 1 aliphatic heterocycles. The summed E-state index contributed by atoms with van der Waals surface area (Å²) in [5.74, 6) is 0.824. The SMILES string of the molecule is O=C(NCCCOCc1ccco1)N1CCCC1Cc1ccccc1. The van der Waals surface area contributed by atoms with Gasteiger partial charge >= 0.3 is 6.03 Å². The van der Waals surface area contributed by atoms with Crippen LogP contribution in [0.2, 0.25) is 0 Å². The van der Waals surface area contributed by atoms with Crippen LogP contribution in [0.25, 0.3) is 0 Å². The maximum absolute atomic E-state index is 12.4. The van der Waals surface area contributed by atoms with Crippen molar-refractivity contribution in [2.45, 2.75) is 38.3 Å². The number of carbonyl (C=O) groups excluding carboxylic acids is 1. The average molecular weight is 342 g/mol. The van der Waals surface area contributed by atoms with Gasteiger partial charge in [-0.15, -0.1) is 0 Å². The van der Waals surface area contributed by atoms with Gasteiger partial charge in [0.1, 0.15) is 12.4 Å². The number of nitrogens with zero attached hydrogens (tertiary/aromatic N) is 1. The van der Waals surface area contributed by atoms with Crippen molar-refractivity contribution in [1.29, 1.82) is 0 Å². The molecule has 0 aliphatic carbocycles. The van der Waals surface area contributed by atoms with E-state index in [0.29, 0.717) is 25.8 Å². The smallest absolute Gasteiger partial charge is 0.317 e. The first-order valence-corrected chi connectivity index (χ1v) is 9.01. The zero-order chi connectivity index (χ0) is 17.3. The lowest BCUT2D eigenvalue weighted by atomic mass is 10.0. The number of furan rings is 1. The van der Waals surface area contributed by atoms with E-state index < -0.39 is 0 Å². The highest BCUT2D eigenvalue weighted by molar-refractivity contribution is 5.74. The highest BCUT2D eigenvalue weighted by Gasteiger charge is 2.28. The number of carbonyl (C=O) groups is 1. The summed E-state index contributed by atoms with van der Waals surface area (Å²) in [4.78, 5) is 14.4. The molecular formula is C20H26N2O3. The molecule has 5 nitrogen and oxygen atoms in total. The van der Waals surface area contributed by atoms with E-state index in [4.69, 9.17) is 9.15 Å². The Bertz CT molecular complexity index is 628. The molecule has 0 saturated carbocycles. The van der Waals surface area contributed by atoms with Crippen LogP contribution in [-0.2, 0) is 17.8 Å². The first-order chi connectivity index (χ1) is 12.3. The van der Waals surface area contributed by atoms with Gasteiger partial charge in [-0.3, -0.25) is 0 Å². The lowest BCUT2D eigenvalue weighted by molar-refractivity contribution is 0.104. The van der Waals surface area contributed by atoms with E-state index in [1.54, 1.807) is 6.26 Å². The van der Waals surface area contributed by atoms with Crippen LogP contribution < -0.4 is 5.32 Å². The Morgan fingerprint density at radius 1 is 1.24 bits per heavy atom. The quantitative estimate of drug-likeness (QED) is 0.746. The minimum Gasteiger partial charge on any atom is -0.467 e. The summed E-state index contributed by atoms with van der Waals surface area (Å²) in [5.41, 5.74) is 1.29. The van der Waals surface area contributed by atoms with E-state index in [9.17, 15) is 4.79 Å². The maximum atomic E-state index is 12.4. The van der Waals surface area contributed by atoms with Gasteiger partial charge in [-0.25, -0.2) is 4.79 Å². The Labute approximate surface area is 149 Å². The third kappa shape index (κ3) is 5.36. The van der Waals surface area contributed by atoms with Crippen molar-refractivity contribution in [3.63, 3.8) is 0 Å². The second kappa shape index (κ2) is 9.28. The van der Waals surface area contributed by atoms with Gasteiger partial charge in [0.05, 0.1) is 6.26 Å². The second-order valence-electron chi connectivity index (χ2n) is 6.40. The van der Waals surface area contributed by atoms with Crippen molar-refractivity contribution in [1.82, 2.24) is 10.2 Å². The number of nitrogens with one attached hydrogen (secondary N) is 1. The molecule has 1 fully saturated rings. The molecule has 1 aromatic heterocycles. The summed E-state index contributed by atoms with van der Waals surface area (Å²) < 4.78 is 10.7. The molecule has 0 spiro atoms. The summed E-state index contributed by atoms with van der Waals surface area (Å²) in [7, 11) is 0. The summed E-state index contributed by atoms with van der Waals surface area (Å²) in [6.45, 7) is 2.56. The van der Waals surface area contributed by atoms with Crippen LogP contribution in [-0.4, -0.2) is 36.7 Å². The molecule has 1 N–H and O–H groups in total. The molecule has 2 amide bonds. The lowest BCUT2D eigenvalue weighted by Crippen LogP contribution is -2.44. The Hall–Kier alpha value is -2.27. The number of urea groups is 1. The van der Waals surface area contributed by atoms with E-state index in [1.165, 1.54) is 5.56 Å². The van der Waals surface area contributed by atoms with E-state index in [2.05, 4.69) is 29.6 Å². The van der Waals surface area contributed by atoms with Crippen LogP contribution in [0.4, 0.5) is 4.79 Å². The summed E-state index contributed by atoms with van der Waals surface area (Å²) in [5, 5.41) is 3.02. The number of hydrogen-bond donors (Lipinski definition) is 1. The molecule has 0 radical (unpaired) electrons. The number of rotatable bonds is 8. The van der Waals surface area contributed by atoms with Crippen molar-refractivity contribution in [2.24, 2.45) is 0 Å². The van der Waals surface area contributed by atoms with Crippen molar-refractivity contribution >= 4 is 6.03 Å². The zero-order valence-electron chi connectivity index (χ0n) is 14.5. The topological polar surface area (TPSA) is 54.7 Å². The molecule has 2 aromatic rings. The Balaban J connectivity index is 1.34. The summed E-state index contributed by atoms with van der Waals surface area (Å²) in [6.07, 6.45) is 5.52. The minimum absolute atomic E-state index is 0.0458. The van der Waals surface area contributed by atoms with Gasteiger partial charge in [0.2, 0.25) is 0 Å².